The first-order chi connectivity index (χ1) is 11.2. The minimum Gasteiger partial charge on any atom is -0.497 e. The van der Waals surface area contributed by atoms with Crippen LogP contribution < -0.4 is 10.1 Å². The Hall–Kier alpha value is -2.86. The first-order valence-corrected chi connectivity index (χ1v) is 7.08. The summed E-state index contributed by atoms with van der Waals surface area (Å²) in [6.07, 6.45) is 0. The molecule has 0 spiro atoms. The Balaban J connectivity index is 1.76. The summed E-state index contributed by atoms with van der Waals surface area (Å²) in [5.74, 6) is 0.602. The molecule has 1 amide bonds. The summed E-state index contributed by atoms with van der Waals surface area (Å²) in [5, 5.41) is 10.8. The fraction of sp³-hybridized carbons (Fsp3) is 0.0625. The molecule has 6 nitrogen and oxygen atoms in total. The van der Waals surface area contributed by atoms with Gasteiger partial charge in [-0.1, -0.05) is 22.8 Å². The molecule has 3 aromatic rings. The minimum atomic E-state index is -0.359. The van der Waals surface area contributed by atoms with Crippen molar-refractivity contribution >= 4 is 23.5 Å². The summed E-state index contributed by atoms with van der Waals surface area (Å²) < 4.78 is 10.6. The van der Waals surface area contributed by atoms with Crippen molar-refractivity contribution in [3.05, 3.63) is 59.1 Å². The van der Waals surface area contributed by atoms with Crippen LogP contribution in [-0.4, -0.2) is 23.2 Å². The average Bonchev–Trinajstić information content (AvgIpc) is 3.04. The summed E-state index contributed by atoms with van der Waals surface area (Å²) in [5.41, 5.74) is 1.14. The Kier molecular flexibility index (Phi) is 4.25. The van der Waals surface area contributed by atoms with Crippen LogP contribution in [0.25, 0.3) is 11.5 Å². The van der Waals surface area contributed by atoms with Crippen molar-refractivity contribution in [3.8, 4) is 17.2 Å². The Morgan fingerprint density at radius 1 is 1.17 bits per heavy atom. The molecule has 0 saturated heterocycles. The SMILES string of the molecule is COc1cccc(-c2nnc(NC(=O)c3ccc(Cl)cc3)o2)c1. The highest BCUT2D eigenvalue weighted by Crippen LogP contribution is 2.24. The van der Waals surface area contributed by atoms with Crippen molar-refractivity contribution in [2.75, 3.05) is 12.4 Å². The van der Waals surface area contributed by atoms with E-state index in [9.17, 15) is 4.79 Å². The fourth-order valence-electron chi connectivity index (χ4n) is 1.92. The van der Waals surface area contributed by atoms with Gasteiger partial charge in [0.1, 0.15) is 5.75 Å². The summed E-state index contributed by atoms with van der Waals surface area (Å²) in [6, 6.07) is 13.7. The van der Waals surface area contributed by atoms with E-state index in [2.05, 4.69) is 15.5 Å². The molecule has 0 aliphatic heterocycles. The predicted molar refractivity (Wildman–Crippen MR) is 85.7 cm³/mol. The summed E-state index contributed by atoms with van der Waals surface area (Å²) in [4.78, 5) is 12.1. The molecule has 0 aliphatic rings. The highest BCUT2D eigenvalue weighted by Gasteiger charge is 2.13. The van der Waals surface area contributed by atoms with Gasteiger partial charge >= 0.3 is 6.01 Å². The fourth-order valence-corrected chi connectivity index (χ4v) is 2.04. The van der Waals surface area contributed by atoms with Crippen molar-refractivity contribution in [2.24, 2.45) is 0 Å². The van der Waals surface area contributed by atoms with E-state index in [-0.39, 0.29) is 17.8 Å². The van der Waals surface area contributed by atoms with Gasteiger partial charge in [-0.15, -0.1) is 5.10 Å². The third-order valence-corrected chi connectivity index (χ3v) is 3.32. The van der Waals surface area contributed by atoms with Crippen LogP contribution in [0, 0.1) is 0 Å². The van der Waals surface area contributed by atoms with Crippen LogP contribution >= 0.6 is 11.6 Å². The monoisotopic (exact) mass is 329 g/mol. The topological polar surface area (TPSA) is 77.3 Å². The molecule has 116 valence electrons. The minimum absolute atomic E-state index is 0.0165. The van der Waals surface area contributed by atoms with Crippen LogP contribution in [0.3, 0.4) is 0 Å². The lowest BCUT2D eigenvalue weighted by Gasteiger charge is -2.01. The van der Waals surface area contributed by atoms with Gasteiger partial charge in [-0.05, 0) is 42.5 Å². The van der Waals surface area contributed by atoms with E-state index >= 15 is 0 Å². The van der Waals surface area contributed by atoms with E-state index in [0.29, 0.717) is 21.9 Å². The van der Waals surface area contributed by atoms with Crippen LogP contribution in [-0.2, 0) is 0 Å². The Bertz CT molecular complexity index is 831. The zero-order chi connectivity index (χ0) is 16.2. The maximum atomic E-state index is 12.1. The molecule has 0 aliphatic carbocycles. The van der Waals surface area contributed by atoms with E-state index in [1.54, 1.807) is 43.5 Å². The normalized spacial score (nSPS) is 10.3. The number of aromatic nitrogens is 2. The average molecular weight is 330 g/mol. The van der Waals surface area contributed by atoms with Gasteiger partial charge in [-0.2, -0.15) is 0 Å². The van der Waals surface area contributed by atoms with E-state index in [1.807, 2.05) is 12.1 Å². The number of hydrogen-bond acceptors (Lipinski definition) is 5. The Morgan fingerprint density at radius 2 is 1.96 bits per heavy atom. The number of nitrogens with one attached hydrogen (secondary N) is 1. The lowest BCUT2D eigenvalue weighted by atomic mass is 10.2. The van der Waals surface area contributed by atoms with Crippen LogP contribution in [0.1, 0.15) is 10.4 Å². The van der Waals surface area contributed by atoms with Crippen LogP contribution in [0.2, 0.25) is 5.02 Å². The molecule has 1 aromatic heterocycles. The number of halogens is 1. The number of methoxy groups -OCH3 is 1. The summed E-state index contributed by atoms with van der Waals surface area (Å²) in [7, 11) is 1.57. The van der Waals surface area contributed by atoms with E-state index in [1.165, 1.54) is 0 Å². The van der Waals surface area contributed by atoms with Gasteiger partial charge in [0.15, 0.2) is 0 Å². The zero-order valence-electron chi connectivity index (χ0n) is 12.1. The van der Waals surface area contributed by atoms with Gasteiger partial charge in [0.2, 0.25) is 5.89 Å². The molecule has 2 aromatic carbocycles. The van der Waals surface area contributed by atoms with E-state index in [0.717, 1.165) is 0 Å². The molecule has 3 rings (SSSR count). The number of hydrogen-bond donors (Lipinski definition) is 1. The smallest absolute Gasteiger partial charge is 0.322 e. The van der Waals surface area contributed by atoms with Gasteiger partial charge in [-0.25, -0.2) is 0 Å². The third kappa shape index (κ3) is 3.49. The molecule has 1 N–H and O–H groups in total. The number of benzene rings is 2. The zero-order valence-corrected chi connectivity index (χ0v) is 12.9. The quantitative estimate of drug-likeness (QED) is 0.790. The van der Waals surface area contributed by atoms with Gasteiger partial charge in [0.25, 0.3) is 5.91 Å². The summed E-state index contributed by atoms with van der Waals surface area (Å²) >= 11 is 5.79. The maximum absolute atomic E-state index is 12.1. The highest BCUT2D eigenvalue weighted by atomic mass is 35.5. The lowest BCUT2D eigenvalue weighted by molar-refractivity contribution is 0.102. The third-order valence-electron chi connectivity index (χ3n) is 3.07. The first-order valence-electron chi connectivity index (χ1n) is 6.70. The number of rotatable bonds is 4. The second-order valence-corrected chi connectivity index (χ2v) is 5.04. The number of carbonyl (C=O) groups is 1. The number of anilines is 1. The van der Waals surface area contributed by atoms with E-state index in [4.69, 9.17) is 20.8 Å². The summed E-state index contributed by atoms with van der Waals surface area (Å²) in [6.45, 7) is 0. The molecule has 0 bridgehead atoms. The Labute approximate surface area is 137 Å². The van der Waals surface area contributed by atoms with Crippen LogP contribution in [0.5, 0.6) is 5.75 Å². The second-order valence-electron chi connectivity index (χ2n) is 4.61. The molecule has 23 heavy (non-hydrogen) atoms. The van der Waals surface area contributed by atoms with Gasteiger partial charge < -0.3 is 9.15 Å². The second kappa shape index (κ2) is 6.50. The van der Waals surface area contributed by atoms with E-state index < -0.39 is 0 Å². The molecule has 0 atom stereocenters. The maximum Gasteiger partial charge on any atom is 0.322 e. The molecule has 1 heterocycles. The van der Waals surface area contributed by atoms with Gasteiger partial charge in [0, 0.05) is 16.1 Å². The number of amides is 1. The first kappa shape index (κ1) is 15.1. The molecule has 0 saturated carbocycles. The predicted octanol–water partition coefficient (Wildman–Crippen LogP) is 3.65. The van der Waals surface area contributed by atoms with Gasteiger partial charge in [0.05, 0.1) is 7.11 Å². The Morgan fingerprint density at radius 3 is 2.70 bits per heavy atom. The van der Waals surface area contributed by atoms with Crippen molar-refractivity contribution in [2.45, 2.75) is 0 Å². The molecule has 0 unspecified atom stereocenters. The number of carbonyl (C=O) groups excluding carboxylic acids is 1. The lowest BCUT2D eigenvalue weighted by Crippen LogP contribution is -2.11. The molecular weight excluding hydrogens is 318 g/mol. The largest absolute Gasteiger partial charge is 0.497 e. The molecule has 7 heteroatoms. The van der Waals surface area contributed by atoms with Crippen LogP contribution in [0.15, 0.2) is 52.9 Å². The number of ether oxygens (including phenoxy) is 1. The van der Waals surface area contributed by atoms with Gasteiger partial charge in [-0.3, -0.25) is 10.1 Å². The van der Waals surface area contributed by atoms with Crippen LogP contribution in [0.4, 0.5) is 6.01 Å². The molecular formula is C16H12ClN3O3. The van der Waals surface area contributed by atoms with Crippen molar-refractivity contribution in [1.29, 1.82) is 0 Å². The standard InChI is InChI=1S/C16H12ClN3O3/c1-22-13-4-2-3-11(9-13)15-19-20-16(23-15)18-14(21)10-5-7-12(17)8-6-10/h2-9H,1H3,(H,18,20,21). The number of nitrogens with zero attached hydrogens (tertiary/aromatic N) is 2. The molecule has 0 fully saturated rings. The molecule has 0 radical (unpaired) electrons. The van der Waals surface area contributed by atoms with Crippen molar-refractivity contribution in [3.63, 3.8) is 0 Å². The van der Waals surface area contributed by atoms with Crippen molar-refractivity contribution in [1.82, 2.24) is 10.2 Å². The highest BCUT2D eigenvalue weighted by molar-refractivity contribution is 6.30. The van der Waals surface area contributed by atoms with Crippen molar-refractivity contribution < 1.29 is 13.9 Å².